The van der Waals surface area contributed by atoms with Gasteiger partial charge in [0.1, 0.15) is 23.0 Å². The van der Waals surface area contributed by atoms with Gasteiger partial charge in [0.25, 0.3) is 0 Å². The lowest BCUT2D eigenvalue weighted by Gasteiger charge is -2.21. The van der Waals surface area contributed by atoms with Crippen molar-refractivity contribution >= 4 is 23.0 Å². The van der Waals surface area contributed by atoms with Gasteiger partial charge in [0, 0.05) is 11.6 Å². The molecular formula is C19H24N2O4S. The maximum atomic E-state index is 5.44. The molecule has 2 aromatic carbocycles. The summed E-state index contributed by atoms with van der Waals surface area (Å²) in [4.78, 5) is 0. The first kappa shape index (κ1) is 19.7. The topological polar surface area (TPSA) is 61.0 Å². The van der Waals surface area contributed by atoms with Crippen LogP contribution in [0.1, 0.15) is 18.5 Å². The lowest BCUT2D eigenvalue weighted by molar-refractivity contribution is 0.394. The summed E-state index contributed by atoms with van der Waals surface area (Å²) in [7, 11) is 6.47. The monoisotopic (exact) mass is 376 g/mol. The van der Waals surface area contributed by atoms with Crippen molar-refractivity contribution in [1.82, 2.24) is 5.32 Å². The first-order chi connectivity index (χ1) is 12.5. The van der Waals surface area contributed by atoms with Crippen LogP contribution in [-0.2, 0) is 0 Å². The number of thiocarbonyl (C=S) groups is 1. The Bertz CT molecular complexity index is 767. The van der Waals surface area contributed by atoms with Crippen LogP contribution in [-0.4, -0.2) is 33.6 Å². The molecule has 0 saturated carbocycles. The molecule has 0 heterocycles. The van der Waals surface area contributed by atoms with E-state index in [1.807, 2.05) is 37.3 Å². The zero-order valence-electron chi connectivity index (χ0n) is 15.6. The van der Waals surface area contributed by atoms with E-state index >= 15 is 0 Å². The number of nitrogens with one attached hydrogen (secondary N) is 2. The molecule has 1 atom stereocenters. The van der Waals surface area contributed by atoms with Crippen LogP contribution in [0.3, 0.4) is 0 Å². The average Bonchev–Trinajstić information content (AvgIpc) is 2.67. The van der Waals surface area contributed by atoms with Gasteiger partial charge in [-0.1, -0.05) is 0 Å². The van der Waals surface area contributed by atoms with E-state index in [1.54, 1.807) is 34.5 Å². The Morgan fingerprint density at radius 3 is 2.08 bits per heavy atom. The van der Waals surface area contributed by atoms with E-state index in [0.717, 1.165) is 22.7 Å². The normalized spacial score (nSPS) is 11.3. The molecular weight excluding hydrogens is 352 g/mol. The zero-order chi connectivity index (χ0) is 19.1. The van der Waals surface area contributed by atoms with E-state index in [-0.39, 0.29) is 6.04 Å². The van der Waals surface area contributed by atoms with Gasteiger partial charge in [-0.2, -0.15) is 0 Å². The molecule has 0 bridgehead atoms. The highest BCUT2D eigenvalue weighted by Gasteiger charge is 2.15. The second-order valence-electron chi connectivity index (χ2n) is 5.49. The van der Waals surface area contributed by atoms with E-state index in [0.29, 0.717) is 16.6 Å². The standard InChI is InChI=1S/C19H24N2O4S/c1-12(15-10-13(22-2)7-9-17(15)24-4)20-19(26)21-16-8-6-14(23-3)11-18(16)25-5/h6-12H,1-5H3,(H2,20,21,26)/t12-/m0/s1. The van der Waals surface area contributed by atoms with E-state index in [4.69, 9.17) is 31.2 Å². The summed E-state index contributed by atoms with van der Waals surface area (Å²) in [5.74, 6) is 2.86. The first-order valence-corrected chi connectivity index (χ1v) is 8.44. The molecule has 0 aliphatic carbocycles. The van der Waals surface area contributed by atoms with Gasteiger partial charge in [-0.15, -0.1) is 0 Å². The second-order valence-corrected chi connectivity index (χ2v) is 5.90. The van der Waals surface area contributed by atoms with Crippen LogP contribution >= 0.6 is 12.2 Å². The van der Waals surface area contributed by atoms with Crippen LogP contribution in [0, 0.1) is 0 Å². The fourth-order valence-electron chi connectivity index (χ4n) is 2.51. The molecule has 140 valence electrons. The Hall–Kier alpha value is -2.67. The number of hydrogen-bond donors (Lipinski definition) is 2. The molecule has 0 unspecified atom stereocenters. The summed E-state index contributed by atoms with van der Waals surface area (Å²) in [6.07, 6.45) is 0. The maximum absolute atomic E-state index is 5.44. The van der Waals surface area contributed by atoms with Crippen LogP contribution in [0.25, 0.3) is 0 Å². The van der Waals surface area contributed by atoms with E-state index in [9.17, 15) is 0 Å². The van der Waals surface area contributed by atoms with Crippen LogP contribution in [0.2, 0.25) is 0 Å². The minimum Gasteiger partial charge on any atom is -0.497 e. The second kappa shape index (κ2) is 9.15. The van der Waals surface area contributed by atoms with Crippen LogP contribution in [0.4, 0.5) is 5.69 Å². The van der Waals surface area contributed by atoms with Crippen molar-refractivity contribution in [3.63, 3.8) is 0 Å². The number of anilines is 1. The van der Waals surface area contributed by atoms with Gasteiger partial charge in [0.15, 0.2) is 5.11 Å². The van der Waals surface area contributed by atoms with Gasteiger partial charge in [-0.3, -0.25) is 0 Å². The summed E-state index contributed by atoms with van der Waals surface area (Å²) in [6, 6.07) is 11.0. The summed E-state index contributed by atoms with van der Waals surface area (Å²) < 4.78 is 21.3. The number of rotatable bonds is 7. The molecule has 0 fully saturated rings. The quantitative estimate of drug-likeness (QED) is 0.713. The molecule has 0 saturated heterocycles. The number of ether oxygens (including phenoxy) is 4. The Balaban J connectivity index is 2.13. The van der Waals surface area contributed by atoms with Crippen LogP contribution in [0.15, 0.2) is 36.4 Å². The molecule has 26 heavy (non-hydrogen) atoms. The van der Waals surface area contributed by atoms with Gasteiger partial charge >= 0.3 is 0 Å². The molecule has 2 N–H and O–H groups in total. The molecule has 0 aliphatic rings. The van der Waals surface area contributed by atoms with Crippen LogP contribution < -0.4 is 29.6 Å². The van der Waals surface area contributed by atoms with Crippen molar-refractivity contribution in [3.8, 4) is 23.0 Å². The van der Waals surface area contributed by atoms with Gasteiger partial charge in [-0.05, 0) is 49.5 Å². The largest absolute Gasteiger partial charge is 0.497 e. The fraction of sp³-hybridized carbons (Fsp3) is 0.316. The fourth-order valence-corrected chi connectivity index (χ4v) is 2.80. The number of benzene rings is 2. The minimum absolute atomic E-state index is 0.0932. The van der Waals surface area contributed by atoms with Crippen molar-refractivity contribution < 1.29 is 18.9 Å². The van der Waals surface area contributed by atoms with Gasteiger partial charge in [0.2, 0.25) is 0 Å². The Labute approximate surface area is 159 Å². The van der Waals surface area contributed by atoms with Crippen molar-refractivity contribution in [2.45, 2.75) is 13.0 Å². The summed E-state index contributed by atoms with van der Waals surface area (Å²) in [5, 5.41) is 6.86. The maximum Gasteiger partial charge on any atom is 0.171 e. The van der Waals surface area contributed by atoms with Crippen molar-refractivity contribution in [3.05, 3.63) is 42.0 Å². The summed E-state index contributed by atoms with van der Waals surface area (Å²) in [5.41, 5.74) is 1.69. The zero-order valence-corrected chi connectivity index (χ0v) is 16.4. The lowest BCUT2D eigenvalue weighted by Crippen LogP contribution is -2.31. The molecule has 2 aromatic rings. The van der Waals surface area contributed by atoms with Gasteiger partial charge < -0.3 is 29.6 Å². The third kappa shape index (κ3) is 4.70. The van der Waals surface area contributed by atoms with Crippen molar-refractivity contribution in [2.75, 3.05) is 33.8 Å². The molecule has 0 aliphatic heterocycles. The highest BCUT2D eigenvalue weighted by molar-refractivity contribution is 7.80. The van der Waals surface area contributed by atoms with E-state index in [2.05, 4.69) is 10.6 Å². The SMILES string of the molecule is COc1ccc(NC(=S)N[C@@H](C)c2cc(OC)ccc2OC)c(OC)c1. The van der Waals surface area contributed by atoms with Crippen molar-refractivity contribution in [1.29, 1.82) is 0 Å². The molecule has 0 radical (unpaired) electrons. The number of hydrogen-bond acceptors (Lipinski definition) is 5. The molecule has 0 aromatic heterocycles. The highest BCUT2D eigenvalue weighted by atomic mass is 32.1. The van der Waals surface area contributed by atoms with E-state index < -0.39 is 0 Å². The summed E-state index contributed by atoms with van der Waals surface area (Å²) >= 11 is 5.44. The highest BCUT2D eigenvalue weighted by Crippen LogP contribution is 2.31. The molecule has 0 spiro atoms. The third-order valence-corrected chi connectivity index (χ3v) is 4.13. The van der Waals surface area contributed by atoms with Gasteiger partial charge in [0.05, 0.1) is 40.2 Å². The Morgan fingerprint density at radius 1 is 0.846 bits per heavy atom. The first-order valence-electron chi connectivity index (χ1n) is 8.03. The minimum atomic E-state index is -0.0932. The number of methoxy groups -OCH3 is 4. The Morgan fingerprint density at radius 2 is 1.46 bits per heavy atom. The molecule has 7 heteroatoms. The smallest absolute Gasteiger partial charge is 0.171 e. The van der Waals surface area contributed by atoms with Crippen molar-refractivity contribution in [2.24, 2.45) is 0 Å². The van der Waals surface area contributed by atoms with Crippen LogP contribution in [0.5, 0.6) is 23.0 Å². The lowest BCUT2D eigenvalue weighted by atomic mass is 10.1. The molecule has 0 amide bonds. The Kier molecular flexibility index (Phi) is 6.91. The molecule has 2 rings (SSSR count). The third-order valence-electron chi connectivity index (χ3n) is 3.91. The molecule has 6 nitrogen and oxygen atoms in total. The predicted octanol–water partition coefficient (Wildman–Crippen LogP) is 3.77. The summed E-state index contributed by atoms with van der Waals surface area (Å²) in [6.45, 7) is 2.00. The van der Waals surface area contributed by atoms with E-state index in [1.165, 1.54) is 0 Å². The average molecular weight is 376 g/mol. The predicted molar refractivity (Wildman–Crippen MR) is 107 cm³/mol. The van der Waals surface area contributed by atoms with Gasteiger partial charge in [-0.25, -0.2) is 0 Å².